The molecule has 1 saturated heterocycles. The number of likely N-dealkylation sites (tertiary alicyclic amines) is 1. The maximum absolute atomic E-state index is 12.8. The smallest absolute Gasteiger partial charge is 0.257 e. The van der Waals surface area contributed by atoms with E-state index < -0.39 is 0 Å². The summed E-state index contributed by atoms with van der Waals surface area (Å²) in [5, 5.41) is 4.23. The first-order valence-electron chi connectivity index (χ1n) is 9.43. The summed E-state index contributed by atoms with van der Waals surface area (Å²) in [6.45, 7) is 1.37. The second-order valence-corrected chi connectivity index (χ2v) is 7.62. The van der Waals surface area contributed by atoms with Gasteiger partial charge >= 0.3 is 0 Å². The van der Waals surface area contributed by atoms with E-state index >= 15 is 0 Å². The minimum atomic E-state index is -0.207. The molecule has 2 atom stereocenters. The first-order valence-corrected chi connectivity index (χ1v) is 9.43. The van der Waals surface area contributed by atoms with Crippen LogP contribution in [0.3, 0.4) is 0 Å². The molecule has 2 fully saturated rings. The van der Waals surface area contributed by atoms with Gasteiger partial charge in [0.1, 0.15) is 6.26 Å². The first-order chi connectivity index (χ1) is 13.2. The molecule has 5 rings (SSSR count). The number of carbonyl (C=O) groups is 1. The lowest BCUT2D eigenvalue weighted by Crippen LogP contribution is -2.34. The van der Waals surface area contributed by atoms with Crippen LogP contribution in [0.5, 0.6) is 0 Å². The van der Waals surface area contributed by atoms with Crippen molar-refractivity contribution in [2.24, 2.45) is 5.92 Å². The monoisotopic (exact) mass is 363 g/mol. The number of nitrogens with zero attached hydrogens (tertiary/aromatic N) is 3. The Morgan fingerprint density at radius 1 is 1.26 bits per heavy atom. The standard InChI is InChI=1S/C21H21N3O3/c25-19(16-8-10-26-13-16)24-12-17-7-4-9-21(17,14-24)20-22-18(23-27-20)11-15-5-2-1-3-6-15/h1-3,5-6,8,10,13,17H,4,7,9,11-12,14H2/t17-,21-/m1/s1. The summed E-state index contributed by atoms with van der Waals surface area (Å²) in [5.41, 5.74) is 1.55. The summed E-state index contributed by atoms with van der Waals surface area (Å²) in [5.74, 6) is 1.79. The molecule has 6 heteroatoms. The minimum Gasteiger partial charge on any atom is -0.472 e. The normalized spacial score (nSPS) is 24.3. The predicted molar refractivity (Wildman–Crippen MR) is 97.2 cm³/mol. The molecule has 0 bridgehead atoms. The Balaban J connectivity index is 1.39. The molecular formula is C21H21N3O3. The highest BCUT2D eigenvalue weighted by Gasteiger charge is 2.55. The number of benzene rings is 1. The minimum absolute atomic E-state index is 0.0153. The molecule has 1 aromatic carbocycles. The number of aromatic nitrogens is 2. The van der Waals surface area contributed by atoms with Gasteiger partial charge in [0.2, 0.25) is 5.89 Å². The van der Waals surface area contributed by atoms with Crippen LogP contribution in [-0.4, -0.2) is 34.0 Å². The van der Waals surface area contributed by atoms with Gasteiger partial charge in [0.15, 0.2) is 5.82 Å². The summed E-state index contributed by atoms with van der Waals surface area (Å²) >= 11 is 0. The van der Waals surface area contributed by atoms with E-state index in [1.807, 2.05) is 23.1 Å². The van der Waals surface area contributed by atoms with Crippen molar-refractivity contribution in [3.8, 4) is 0 Å². The Morgan fingerprint density at radius 3 is 2.96 bits per heavy atom. The summed E-state index contributed by atoms with van der Waals surface area (Å²) in [6.07, 6.45) is 6.91. The summed E-state index contributed by atoms with van der Waals surface area (Å²) < 4.78 is 10.8. The zero-order chi connectivity index (χ0) is 18.3. The van der Waals surface area contributed by atoms with Crippen LogP contribution in [-0.2, 0) is 11.8 Å². The Kier molecular flexibility index (Phi) is 3.85. The predicted octanol–water partition coefficient (Wildman–Crippen LogP) is 3.45. The third-order valence-electron chi connectivity index (χ3n) is 6.03. The van der Waals surface area contributed by atoms with Crippen LogP contribution in [0.4, 0.5) is 0 Å². The molecular weight excluding hydrogens is 342 g/mol. The number of hydrogen-bond donors (Lipinski definition) is 0. The lowest BCUT2D eigenvalue weighted by Gasteiger charge is -2.24. The summed E-state index contributed by atoms with van der Waals surface area (Å²) in [6, 6.07) is 11.9. The van der Waals surface area contributed by atoms with Crippen molar-refractivity contribution in [1.82, 2.24) is 15.0 Å². The van der Waals surface area contributed by atoms with Gasteiger partial charge in [-0.3, -0.25) is 4.79 Å². The average Bonchev–Trinajstić information content (AvgIpc) is 3.45. The number of carbonyl (C=O) groups excluding carboxylic acids is 1. The van der Waals surface area contributed by atoms with Crippen molar-refractivity contribution in [3.63, 3.8) is 0 Å². The fraction of sp³-hybridized carbons (Fsp3) is 0.381. The number of rotatable bonds is 4. The third kappa shape index (κ3) is 2.76. The van der Waals surface area contributed by atoms with Crippen LogP contribution in [0.15, 0.2) is 57.9 Å². The molecule has 1 saturated carbocycles. The Bertz CT molecular complexity index is 935. The Labute approximate surface area is 157 Å². The fourth-order valence-electron chi connectivity index (χ4n) is 4.67. The number of hydrogen-bond acceptors (Lipinski definition) is 5. The van der Waals surface area contributed by atoms with E-state index in [-0.39, 0.29) is 11.3 Å². The SMILES string of the molecule is O=C(c1ccoc1)N1C[C@H]2CCC[C@@]2(c2nc(Cc3ccccc3)no2)C1. The van der Waals surface area contributed by atoms with E-state index in [0.29, 0.717) is 36.2 Å². The molecule has 0 spiro atoms. The Morgan fingerprint density at radius 2 is 2.15 bits per heavy atom. The molecule has 2 aromatic heterocycles. The van der Waals surface area contributed by atoms with Gasteiger partial charge in [-0.25, -0.2) is 0 Å². The van der Waals surface area contributed by atoms with E-state index in [1.54, 1.807) is 6.07 Å². The van der Waals surface area contributed by atoms with E-state index in [1.165, 1.54) is 12.5 Å². The molecule has 1 amide bonds. The molecule has 0 unspecified atom stereocenters. The van der Waals surface area contributed by atoms with E-state index in [9.17, 15) is 4.79 Å². The molecule has 27 heavy (non-hydrogen) atoms. The molecule has 138 valence electrons. The van der Waals surface area contributed by atoms with Crippen LogP contribution < -0.4 is 0 Å². The van der Waals surface area contributed by atoms with Crippen molar-refractivity contribution in [1.29, 1.82) is 0 Å². The molecule has 3 heterocycles. The molecule has 0 radical (unpaired) electrons. The number of fused-ring (bicyclic) bond motifs is 1. The molecule has 1 aliphatic carbocycles. The van der Waals surface area contributed by atoms with Crippen LogP contribution in [0.25, 0.3) is 0 Å². The van der Waals surface area contributed by atoms with Gasteiger partial charge in [-0.15, -0.1) is 0 Å². The van der Waals surface area contributed by atoms with E-state index in [0.717, 1.165) is 31.4 Å². The quantitative estimate of drug-likeness (QED) is 0.710. The van der Waals surface area contributed by atoms with Gasteiger partial charge in [-0.05, 0) is 30.4 Å². The topological polar surface area (TPSA) is 72.4 Å². The third-order valence-corrected chi connectivity index (χ3v) is 6.03. The van der Waals surface area contributed by atoms with Crippen LogP contribution in [0, 0.1) is 5.92 Å². The lowest BCUT2D eigenvalue weighted by molar-refractivity contribution is 0.0774. The molecule has 3 aromatic rings. The highest BCUT2D eigenvalue weighted by Crippen LogP contribution is 2.50. The van der Waals surface area contributed by atoms with Crippen LogP contribution >= 0.6 is 0 Å². The van der Waals surface area contributed by atoms with Gasteiger partial charge in [-0.1, -0.05) is 41.9 Å². The van der Waals surface area contributed by atoms with Gasteiger partial charge < -0.3 is 13.8 Å². The molecule has 0 N–H and O–H groups in total. The second-order valence-electron chi connectivity index (χ2n) is 7.62. The highest BCUT2D eigenvalue weighted by molar-refractivity contribution is 5.94. The zero-order valence-corrected chi connectivity index (χ0v) is 15.0. The zero-order valence-electron chi connectivity index (χ0n) is 15.0. The van der Waals surface area contributed by atoms with E-state index in [2.05, 4.69) is 17.3 Å². The van der Waals surface area contributed by atoms with Crippen molar-refractivity contribution in [2.75, 3.05) is 13.1 Å². The van der Waals surface area contributed by atoms with Crippen LogP contribution in [0.1, 0.15) is 46.9 Å². The van der Waals surface area contributed by atoms with Gasteiger partial charge in [0, 0.05) is 19.5 Å². The van der Waals surface area contributed by atoms with Crippen molar-refractivity contribution < 1.29 is 13.7 Å². The van der Waals surface area contributed by atoms with Gasteiger partial charge in [0.25, 0.3) is 5.91 Å². The maximum Gasteiger partial charge on any atom is 0.257 e. The second kappa shape index (κ2) is 6.37. The maximum atomic E-state index is 12.8. The van der Waals surface area contributed by atoms with Gasteiger partial charge in [0.05, 0.1) is 17.2 Å². The molecule has 2 aliphatic rings. The lowest BCUT2D eigenvalue weighted by atomic mass is 9.80. The number of amides is 1. The number of furan rings is 1. The van der Waals surface area contributed by atoms with Crippen molar-refractivity contribution in [3.05, 3.63) is 71.8 Å². The highest BCUT2D eigenvalue weighted by atomic mass is 16.5. The fourth-order valence-corrected chi connectivity index (χ4v) is 4.67. The molecule has 1 aliphatic heterocycles. The van der Waals surface area contributed by atoms with Crippen molar-refractivity contribution >= 4 is 5.91 Å². The average molecular weight is 363 g/mol. The first kappa shape index (κ1) is 16.3. The van der Waals surface area contributed by atoms with Crippen molar-refractivity contribution in [2.45, 2.75) is 31.1 Å². The van der Waals surface area contributed by atoms with Crippen LogP contribution in [0.2, 0.25) is 0 Å². The summed E-state index contributed by atoms with van der Waals surface area (Å²) in [4.78, 5) is 19.4. The summed E-state index contributed by atoms with van der Waals surface area (Å²) in [7, 11) is 0. The van der Waals surface area contributed by atoms with E-state index in [4.69, 9.17) is 13.9 Å². The molecule has 6 nitrogen and oxygen atoms in total. The van der Waals surface area contributed by atoms with Gasteiger partial charge in [-0.2, -0.15) is 4.98 Å². The largest absolute Gasteiger partial charge is 0.472 e. The Hall–Kier alpha value is -2.89.